The van der Waals surface area contributed by atoms with E-state index in [1.807, 2.05) is 39.8 Å². The van der Waals surface area contributed by atoms with Crippen molar-refractivity contribution in [3.05, 3.63) is 54.1 Å². The summed E-state index contributed by atoms with van der Waals surface area (Å²) in [5.74, 6) is -1.07. The minimum Gasteiger partial charge on any atom is -0.489 e. The fraction of sp³-hybridized carbons (Fsp3) is 0.514. The number of amides is 6. The van der Waals surface area contributed by atoms with E-state index in [0.29, 0.717) is 55.9 Å². The molecule has 4 N–H and O–H groups in total. The highest BCUT2D eigenvalue weighted by atomic mass is 16.5. The van der Waals surface area contributed by atoms with Gasteiger partial charge in [0.1, 0.15) is 36.5 Å². The fourth-order valence-electron chi connectivity index (χ4n) is 6.30. The Morgan fingerprint density at radius 3 is 1.44 bits per heavy atom. The molecular formula is C37H50N6O9. The van der Waals surface area contributed by atoms with Crippen molar-refractivity contribution in [2.24, 2.45) is 11.8 Å². The standard InChI is InChI=1S/C37H50N6O9/c1-22(2)30(40-36(48)50-5)34(46)42-19-7-9-28(42)32(44)38-25-13-11-24(12-14-25)21-52-27-17-15-26(16-18-27)39-33(45)29-10-8-20-43(29)35(47)31(23(3)4)41-37(49)51-6/h11-18,22-23,28-31H,7-10,19-21H2,1-6H3,(H,38,44)(H,39,45)(H,40,48)(H,41,49)/t28-,29-,30-,31-/m0/s1. The van der Waals surface area contributed by atoms with Gasteiger partial charge < -0.3 is 45.3 Å². The maximum absolute atomic E-state index is 13.3. The minimum atomic E-state index is -0.811. The molecule has 0 radical (unpaired) electrons. The number of ether oxygens (including phenoxy) is 3. The Morgan fingerprint density at radius 2 is 1.06 bits per heavy atom. The molecule has 15 nitrogen and oxygen atoms in total. The van der Waals surface area contributed by atoms with Gasteiger partial charge in [0.05, 0.1) is 14.2 Å². The molecule has 0 unspecified atom stereocenters. The SMILES string of the molecule is COC(=O)N[C@H](C(=O)N1CCC[C@H]1C(=O)Nc1ccc(COc2ccc(NC(=O)[C@@H]3CCCN3C(=O)[C@@H](NC(=O)OC)C(C)C)cc2)cc1)C(C)C. The summed E-state index contributed by atoms with van der Waals surface area (Å²) < 4.78 is 15.3. The van der Waals surface area contributed by atoms with Crippen LogP contribution in [0.1, 0.15) is 58.9 Å². The number of carbonyl (C=O) groups excluding carboxylic acids is 6. The first-order valence-corrected chi connectivity index (χ1v) is 17.6. The molecule has 4 atom stereocenters. The Kier molecular flexibility index (Phi) is 13.8. The molecule has 0 spiro atoms. The number of hydrogen-bond acceptors (Lipinski definition) is 9. The van der Waals surface area contributed by atoms with Gasteiger partial charge in [0.15, 0.2) is 0 Å². The van der Waals surface area contributed by atoms with E-state index in [0.717, 1.165) is 5.56 Å². The lowest BCUT2D eigenvalue weighted by molar-refractivity contribution is -0.139. The lowest BCUT2D eigenvalue weighted by Crippen LogP contribution is -2.54. The predicted octanol–water partition coefficient (Wildman–Crippen LogP) is 3.89. The molecule has 0 bridgehead atoms. The highest BCUT2D eigenvalue weighted by Gasteiger charge is 2.40. The maximum atomic E-state index is 13.3. The molecule has 2 fully saturated rings. The third kappa shape index (κ3) is 10.1. The smallest absolute Gasteiger partial charge is 0.407 e. The van der Waals surface area contributed by atoms with Gasteiger partial charge in [-0.1, -0.05) is 39.8 Å². The number of carbonyl (C=O) groups is 6. The monoisotopic (exact) mass is 722 g/mol. The highest BCUT2D eigenvalue weighted by molar-refractivity contribution is 5.99. The van der Waals surface area contributed by atoms with Crippen LogP contribution in [0.25, 0.3) is 0 Å². The van der Waals surface area contributed by atoms with Crippen molar-refractivity contribution in [1.29, 1.82) is 0 Å². The summed E-state index contributed by atoms with van der Waals surface area (Å²) in [6.45, 7) is 8.36. The minimum absolute atomic E-state index is 0.195. The van der Waals surface area contributed by atoms with Crippen molar-refractivity contribution < 1.29 is 43.0 Å². The largest absolute Gasteiger partial charge is 0.489 e. The topological polar surface area (TPSA) is 185 Å². The van der Waals surface area contributed by atoms with Gasteiger partial charge in [-0.15, -0.1) is 0 Å². The van der Waals surface area contributed by atoms with E-state index in [-0.39, 0.29) is 42.1 Å². The summed E-state index contributed by atoms with van der Waals surface area (Å²) >= 11 is 0. The fourth-order valence-corrected chi connectivity index (χ4v) is 6.30. The van der Waals surface area contributed by atoms with Crippen LogP contribution in [0.3, 0.4) is 0 Å². The van der Waals surface area contributed by atoms with Crippen molar-refractivity contribution in [1.82, 2.24) is 20.4 Å². The van der Waals surface area contributed by atoms with E-state index >= 15 is 0 Å². The van der Waals surface area contributed by atoms with Crippen LogP contribution >= 0.6 is 0 Å². The van der Waals surface area contributed by atoms with Gasteiger partial charge in [0.25, 0.3) is 0 Å². The van der Waals surface area contributed by atoms with E-state index in [4.69, 9.17) is 4.74 Å². The Balaban J connectivity index is 1.27. The Morgan fingerprint density at radius 1 is 0.654 bits per heavy atom. The van der Waals surface area contributed by atoms with Crippen molar-refractivity contribution in [2.45, 2.75) is 84.2 Å². The van der Waals surface area contributed by atoms with E-state index < -0.39 is 36.4 Å². The predicted molar refractivity (Wildman–Crippen MR) is 192 cm³/mol. The molecule has 2 aliphatic rings. The van der Waals surface area contributed by atoms with E-state index in [1.165, 1.54) is 24.0 Å². The van der Waals surface area contributed by atoms with Crippen LogP contribution in [0.15, 0.2) is 48.5 Å². The van der Waals surface area contributed by atoms with Gasteiger partial charge in [-0.05, 0) is 79.5 Å². The van der Waals surface area contributed by atoms with Crippen molar-refractivity contribution >= 4 is 47.2 Å². The van der Waals surface area contributed by atoms with Gasteiger partial charge in [-0.3, -0.25) is 19.2 Å². The van der Waals surface area contributed by atoms with Crippen LogP contribution in [-0.2, 0) is 35.3 Å². The lowest BCUT2D eigenvalue weighted by atomic mass is 10.0. The number of nitrogens with zero attached hydrogens (tertiary/aromatic N) is 2. The zero-order valence-electron chi connectivity index (χ0n) is 30.6. The van der Waals surface area contributed by atoms with Crippen molar-refractivity contribution in [3.8, 4) is 5.75 Å². The molecule has 0 aliphatic carbocycles. The summed E-state index contributed by atoms with van der Waals surface area (Å²) in [6, 6.07) is 11.1. The van der Waals surface area contributed by atoms with Crippen LogP contribution in [-0.4, -0.2) is 97.1 Å². The number of methoxy groups -OCH3 is 2. The van der Waals surface area contributed by atoms with E-state index in [9.17, 15) is 28.8 Å². The zero-order valence-corrected chi connectivity index (χ0v) is 30.6. The average molecular weight is 723 g/mol. The molecule has 282 valence electrons. The molecule has 2 aromatic rings. The summed E-state index contributed by atoms with van der Waals surface area (Å²) in [7, 11) is 2.47. The lowest BCUT2D eigenvalue weighted by Gasteiger charge is -2.30. The van der Waals surface area contributed by atoms with Gasteiger partial charge in [-0.2, -0.15) is 0 Å². The molecule has 2 heterocycles. The number of nitrogens with one attached hydrogen (secondary N) is 4. The van der Waals surface area contributed by atoms with E-state index in [2.05, 4.69) is 30.7 Å². The van der Waals surface area contributed by atoms with Crippen LogP contribution in [0.5, 0.6) is 5.75 Å². The Bertz CT molecular complexity index is 1460. The average Bonchev–Trinajstić information content (AvgIpc) is 3.83. The second kappa shape index (κ2) is 18.2. The molecule has 2 aromatic carbocycles. The summed E-state index contributed by atoms with van der Waals surface area (Å²) in [5.41, 5.74) is 1.98. The maximum Gasteiger partial charge on any atom is 0.407 e. The first-order valence-electron chi connectivity index (χ1n) is 17.6. The number of rotatable bonds is 13. The second-order valence-corrected chi connectivity index (χ2v) is 13.6. The highest BCUT2D eigenvalue weighted by Crippen LogP contribution is 2.25. The Labute approximate surface area is 304 Å². The molecular weight excluding hydrogens is 672 g/mol. The Hall–Kier alpha value is -5.34. The van der Waals surface area contributed by atoms with Crippen molar-refractivity contribution in [3.63, 3.8) is 0 Å². The zero-order chi connectivity index (χ0) is 37.9. The normalized spacial score (nSPS) is 18.0. The van der Waals surface area contributed by atoms with Crippen LogP contribution < -0.4 is 26.0 Å². The number of anilines is 2. The molecule has 4 rings (SSSR count). The van der Waals surface area contributed by atoms with Gasteiger partial charge in [0, 0.05) is 24.5 Å². The van der Waals surface area contributed by atoms with Crippen molar-refractivity contribution in [2.75, 3.05) is 37.9 Å². The summed E-state index contributed by atoms with van der Waals surface area (Å²) in [4.78, 5) is 79.6. The molecule has 2 saturated heterocycles. The first kappa shape index (κ1) is 39.4. The third-order valence-electron chi connectivity index (χ3n) is 9.21. The first-order chi connectivity index (χ1) is 24.8. The van der Waals surface area contributed by atoms with Crippen LogP contribution in [0.4, 0.5) is 21.0 Å². The van der Waals surface area contributed by atoms with Crippen LogP contribution in [0, 0.1) is 11.8 Å². The number of benzene rings is 2. The number of hydrogen-bond donors (Lipinski definition) is 4. The molecule has 52 heavy (non-hydrogen) atoms. The summed E-state index contributed by atoms with van der Waals surface area (Å²) in [6.07, 6.45) is 0.969. The third-order valence-corrected chi connectivity index (χ3v) is 9.21. The van der Waals surface area contributed by atoms with Gasteiger partial charge in [0.2, 0.25) is 23.6 Å². The van der Waals surface area contributed by atoms with E-state index in [1.54, 1.807) is 36.4 Å². The van der Waals surface area contributed by atoms with Crippen LogP contribution in [0.2, 0.25) is 0 Å². The molecule has 0 saturated carbocycles. The molecule has 2 aliphatic heterocycles. The van der Waals surface area contributed by atoms with Gasteiger partial charge in [-0.25, -0.2) is 9.59 Å². The molecule has 15 heteroatoms. The number of likely N-dealkylation sites (tertiary alicyclic amines) is 2. The second-order valence-electron chi connectivity index (χ2n) is 13.6. The van der Waals surface area contributed by atoms with Gasteiger partial charge >= 0.3 is 12.2 Å². The quantitative estimate of drug-likeness (QED) is 0.238. The summed E-state index contributed by atoms with van der Waals surface area (Å²) in [5, 5.41) is 10.9. The number of alkyl carbamates (subject to hydrolysis) is 2. The molecule has 0 aromatic heterocycles. The molecule has 6 amide bonds.